The molecular weight excluding hydrogens is 811 g/mol. The number of hydrogen-bond donors (Lipinski definition) is 0. The molecule has 67 heavy (non-hydrogen) atoms. The van der Waals surface area contributed by atoms with Crippen LogP contribution in [0.2, 0.25) is 0 Å². The first-order valence-electron chi connectivity index (χ1n) is 23.0. The number of rotatable bonds is 8. The first kappa shape index (κ1) is 38.5. The van der Waals surface area contributed by atoms with Crippen molar-refractivity contribution in [2.75, 3.05) is 4.90 Å². The number of benzene rings is 11. The summed E-state index contributed by atoms with van der Waals surface area (Å²) in [5.41, 5.74) is 17.5. The summed E-state index contributed by atoms with van der Waals surface area (Å²) in [6, 6.07) is 94.8. The van der Waals surface area contributed by atoms with Gasteiger partial charge in [-0.2, -0.15) is 0 Å². The van der Waals surface area contributed by atoms with Gasteiger partial charge >= 0.3 is 0 Å². The van der Waals surface area contributed by atoms with E-state index >= 15 is 0 Å². The zero-order valence-electron chi connectivity index (χ0n) is 36.7. The maximum absolute atomic E-state index is 2.40. The predicted molar refractivity (Wildman–Crippen MR) is 284 cm³/mol. The maximum Gasteiger partial charge on any atom is 0.0561 e. The first-order valence-corrected chi connectivity index (χ1v) is 23.0. The fraction of sp³-hybridized carbons (Fsp3) is 0. The van der Waals surface area contributed by atoms with Crippen molar-refractivity contribution in [1.29, 1.82) is 0 Å². The Morgan fingerprint density at radius 3 is 1.21 bits per heavy atom. The molecule has 0 radical (unpaired) electrons. The fourth-order valence-electron chi connectivity index (χ4n) is 10.4. The minimum atomic E-state index is 1.08. The monoisotopic (exact) mass is 853 g/mol. The lowest BCUT2D eigenvalue weighted by Crippen LogP contribution is -2.10. The van der Waals surface area contributed by atoms with Gasteiger partial charge in [0.1, 0.15) is 0 Å². The summed E-state index contributed by atoms with van der Waals surface area (Å²) < 4.78 is 4.77. The van der Waals surface area contributed by atoms with Crippen molar-refractivity contribution in [3.63, 3.8) is 0 Å². The summed E-state index contributed by atoms with van der Waals surface area (Å²) in [5, 5.41) is 7.49. The molecule has 2 aromatic heterocycles. The van der Waals surface area contributed by atoms with Crippen molar-refractivity contribution in [3.05, 3.63) is 261 Å². The standard InChI is InChI=1S/C64H43N3/c1-3-15-46(16-4-1)54-24-13-17-48-18-14-25-55(64(48)54)47-33-39-51(40-34-47)65(53-41-42-59-58-23-9-12-28-62(58)67(63(59)43-53)49-19-5-2-6-20-49)50-35-29-44(30-36-50)45-31-37-52(38-32-45)66-60-26-10-7-21-56(60)57-22-8-11-27-61(57)66/h1-43H. The molecule has 0 aliphatic carbocycles. The second-order valence-corrected chi connectivity index (χ2v) is 17.3. The quantitative estimate of drug-likeness (QED) is 0.148. The molecule has 3 nitrogen and oxygen atoms in total. The Balaban J connectivity index is 0.923. The molecule has 13 rings (SSSR count). The molecule has 0 atom stereocenters. The number of hydrogen-bond acceptors (Lipinski definition) is 1. The van der Waals surface area contributed by atoms with Crippen LogP contribution in [0, 0.1) is 0 Å². The molecule has 0 amide bonds. The van der Waals surface area contributed by atoms with E-state index in [2.05, 4.69) is 275 Å². The molecule has 0 N–H and O–H groups in total. The molecule has 13 aromatic rings. The molecule has 0 saturated carbocycles. The van der Waals surface area contributed by atoms with E-state index < -0.39 is 0 Å². The van der Waals surface area contributed by atoms with Crippen molar-refractivity contribution >= 4 is 71.4 Å². The molecule has 0 saturated heterocycles. The summed E-state index contributed by atoms with van der Waals surface area (Å²) in [5.74, 6) is 0. The van der Waals surface area contributed by atoms with Crippen molar-refractivity contribution in [3.8, 4) is 44.8 Å². The van der Waals surface area contributed by atoms with E-state index in [-0.39, 0.29) is 0 Å². The van der Waals surface area contributed by atoms with E-state index in [9.17, 15) is 0 Å². The zero-order chi connectivity index (χ0) is 44.3. The van der Waals surface area contributed by atoms with Gasteiger partial charge in [0.05, 0.1) is 22.1 Å². The van der Waals surface area contributed by atoms with E-state index in [1.807, 2.05) is 0 Å². The number of aromatic nitrogens is 2. The van der Waals surface area contributed by atoms with Crippen molar-refractivity contribution in [2.45, 2.75) is 0 Å². The minimum absolute atomic E-state index is 1.08. The highest BCUT2D eigenvalue weighted by molar-refractivity contribution is 6.11. The SMILES string of the molecule is c1ccc(-c2cccc3cccc(-c4ccc(N(c5ccc(-c6ccc(-n7c8ccccc8c8ccccc87)cc6)cc5)c5ccc6c7ccccc7n(-c7ccccc7)c6c5)cc4)c23)cc1. The van der Waals surface area contributed by atoms with E-state index in [4.69, 9.17) is 0 Å². The molecule has 0 fully saturated rings. The molecule has 3 heteroatoms. The summed E-state index contributed by atoms with van der Waals surface area (Å²) in [7, 11) is 0. The van der Waals surface area contributed by atoms with Gasteiger partial charge in [-0.15, -0.1) is 0 Å². The predicted octanol–water partition coefficient (Wildman–Crippen LogP) is 17.5. The number of fused-ring (bicyclic) bond motifs is 7. The van der Waals surface area contributed by atoms with Crippen LogP contribution >= 0.6 is 0 Å². The van der Waals surface area contributed by atoms with E-state index in [0.717, 1.165) is 39.5 Å². The lowest BCUT2D eigenvalue weighted by Gasteiger charge is -2.26. The van der Waals surface area contributed by atoms with Crippen molar-refractivity contribution in [1.82, 2.24) is 9.13 Å². The number of para-hydroxylation sites is 4. The highest BCUT2D eigenvalue weighted by Crippen LogP contribution is 2.43. The average molecular weight is 854 g/mol. The van der Waals surface area contributed by atoms with Crippen LogP contribution in [0.3, 0.4) is 0 Å². The Labute approximate surface area is 389 Å². The molecule has 2 heterocycles. The van der Waals surface area contributed by atoms with E-state index in [0.29, 0.717) is 0 Å². The number of nitrogens with zero attached hydrogens (tertiary/aromatic N) is 3. The zero-order valence-corrected chi connectivity index (χ0v) is 36.7. The van der Waals surface area contributed by atoms with Crippen LogP contribution < -0.4 is 4.90 Å². The number of anilines is 3. The van der Waals surface area contributed by atoms with Gasteiger partial charge in [-0.05, 0) is 123 Å². The first-order chi connectivity index (χ1) is 33.2. The van der Waals surface area contributed by atoms with Crippen LogP contribution in [0.15, 0.2) is 261 Å². The third-order valence-electron chi connectivity index (χ3n) is 13.5. The summed E-state index contributed by atoms with van der Waals surface area (Å²) in [6.45, 7) is 0. The van der Waals surface area contributed by atoms with Crippen molar-refractivity contribution in [2.24, 2.45) is 0 Å². The van der Waals surface area contributed by atoms with Crippen molar-refractivity contribution < 1.29 is 0 Å². The topological polar surface area (TPSA) is 13.1 Å². The highest BCUT2D eigenvalue weighted by Gasteiger charge is 2.19. The molecule has 0 aliphatic rings. The fourth-order valence-corrected chi connectivity index (χ4v) is 10.4. The van der Waals surface area contributed by atoms with Gasteiger partial charge in [0, 0.05) is 50.0 Å². The maximum atomic E-state index is 2.40. The summed E-state index contributed by atoms with van der Waals surface area (Å²) in [4.78, 5) is 2.39. The summed E-state index contributed by atoms with van der Waals surface area (Å²) >= 11 is 0. The van der Waals surface area contributed by atoms with Gasteiger partial charge in [0.15, 0.2) is 0 Å². The van der Waals surface area contributed by atoms with Gasteiger partial charge in [-0.25, -0.2) is 0 Å². The third-order valence-corrected chi connectivity index (χ3v) is 13.5. The van der Waals surface area contributed by atoms with Crippen LogP contribution in [0.4, 0.5) is 17.1 Å². The molecule has 314 valence electrons. The second-order valence-electron chi connectivity index (χ2n) is 17.3. The van der Waals surface area contributed by atoms with Crippen LogP contribution in [-0.2, 0) is 0 Å². The van der Waals surface area contributed by atoms with Gasteiger partial charge in [-0.1, -0.05) is 182 Å². The van der Waals surface area contributed by atoms with Gasteiger partial charge < -0.3 is 14.0 Å². The minimum Gasteiger partial charge on any atom is -0.310 e. The molecule has 11 aromatic carbocycles. The Kier molecular flexibility index (Phi) is 9.17. The lowest BCUT2D eigenvalue weighted by atomic mass is 9.91. The Hall–Kier alpha value is -8.92. The second kappa shape index (κ2) is 16.0. The van der Waals surface area contributed by atoms with Gasteiger partial charge in [-0.3, -0.25) is 0 Å². The van der Waals surface area contributed by atoms with Crippen LogP contribution in [-0.4, -0.2) is 9.13 Å². The molecule has 0 unspecified atom stereocenters. The Bertz CT molecular complexity index is 3880. The van der Waals surface area contributed by atoms with Crippen LogP contribution in [0.5, 0.6) is 0 Å². The largest absolute Gasteiger partial charge is 0.310 e. The highest BCUT2D eigenvalue weighted by atomic mass is 15.1. The Morgan fingerprint density at radius 1 is 0.254 bits per heavy atom. The molecular formula is C64H43N3. The van der Waals surface area contributed by atoms with Crippen LogP contribution in [0.25, 0.3) is 99.1 Å². The molecule has 0 aliphatic heterocycles. The molecule has 0 bridgehead atoms. The third kappa shape index (κ3) is 6.51. The lowest BCUT2D eigenvalue weighted by molar-refractivity contribution is 1.18. The van der Waals surface area contributed by atoms with Gasteiger partial charge in [0.25, 0.3) is 0 Å². The normalized spacial score (nSPS) is 11.6. The smallest absolute Gasteiger partial charge is 0.0561 e. The van der Waals surface area contributed by atoms with Crippen LogP contribution in [0.1, 0.15) is 0 Å². The molecule has 0 spiro atoms. The Morgan fingerprint density at radius 2 is 0.657 bits per heavy atom. The van der Waals surface area contributed by atoms with E-state index in [1.54, 1.807) is 0 Å². The van der Waals surface area contributed by atoms with Gasteiger partial charge in [0.2, 0.25) is 0 Å². The van der Waals surface area contributed by atoms with E-state index in [1.165, 1.54) is 76.7 Å². The average Bonchev–Trinajstić information content (AvgIpc) is 3.92. The summed E-state index contributed by atoms with van der Waals surface area (Å²) in [6.07, 6.45) is 0.